The van der Waals surface area contributed by atoms with Crippen LogP contribution < -0.4 is 10.1 Å². The summed E-state index contributed by atoms with van der Waals surface area (Å²) in [7, 11) is 2.87. The second kappa shape index (κ2) is 7.28. The van der Waals surface area contributed by atoms with Crippen molar-refractivity contribution in [3.8, 4) is 5.75 Å². The molecule has 140 valence electrons. The third kappa shape index (κ3) is 3.27. The Labute approximate surface area is 164 Å². The molecule has 28 heavy (non-hydrogen) atoms. The number of carbonyl (C=O) groups excluding carboxylic acids is 2. The molecule has 0 aliphatic rings. The van der Waals surface area contributed by atoms with E-state index >= 15 is 0 Å². The second-order valence-electron chi connectivity index (χ2n) is 6.05. The van der Waals surface area contributed by atoms with E-state index in [2.05, 4.69) is 10.3 Å². The molecule has 4 rings (SSSR count). The zero-order valence-corrected chi connectivity index (χ0v) is 16.0. The van der Waals surface area contributed by atoms with Crippen molar-refractivity contribution in [1.29, 1.82) is 0 Å². The minimum Gasteiger partial charge on any atom is -0.496 e. The second-order valence-corrected chi connectivity index (χ2v) is 7.08. The van der Waals surface area contributed by atoms with Crippen molar-refractivity contribution < 1.29 is 19.1 Å². The number of fused-ring (bicyclic) bond motifs is 2. The van der Waals surface area contributed by atoms with Gasteiger partial charge in [-0.1, -0.05) is 35.6 Å². The summed E-state index contributed by atoms with van der Waals surface area (Å²) in [5, 5.41) is 5.20. The largest absolute Gasteiger partial charge is 0.496 e. The van der Waals surface area contributed by atoms with Crippen LogP contribution in [0, 0.1) is 0 Å². The zero-order valence-electron chi connectivity index (χ0n) is 15.2. The van der Waals surface area contributed by atoms with Gasteiger partial charge in [0.2, 0.25) is 0 Å². The van der Waals surface area contributed by atoms with Crippen LogP contribution in [0.5, 0.6) is 5.75 Å². The van der Waals surface area contributed by atoms with Crippen LogP contribution >= 0.6 is 11.3 Å². The average molecular weight is 392 g/mol. The lowest BCUT2D eigenvalue weighted by Crippen LogP contribution is -2.13. The highest BCUT2D eigenvalue weighted by molar-refractivity contribution is 7.22. The number of nitrogens with zero attached hydrogens (tertiary/aromatic N) is 1. The molecule has 0 unspecified atom stereocenters. The molecule has 7 heteroatoms. The van der Waals surface area contributed by atoms with Crippen LogP contribution in [0.25, 0.3) is 21.0 Å². The number of benzene rings is 3. The molecule has 0 bridgehead atoms. The molecule has 0 atom stereocenters. The Kier molecular flexibility index (Phi) is 4.67. The number of anilines is 1. The molecule has 1 aromatic heterocycles. The van der Waals surface area contributed by atoms with Crippen LogP contribution in [0.15, 0.2) is 54.6 Å². The summed E-state index contributed by atoms with van der Waals surface area (Å²) in [6.45, 7) is 0. The van der Waals surface area contributed by atoms with Crippen molar-refractivity contribution in [2.24, 2.45) is 0 Å². The van der Waals surface area contributed by atoms with Crippen LogP contribution in [0.1, 0.15) is 20.7 Å². The summed E-state index contributed by atoms with van der Waals surface area (Å²) < 4.78 is 10.9. The summed E-state index contributed by atoms with van der Waals surface area (Å²) in [6.07, 6.45) is 0. The van der Waals surface area contributed by atoms with Crippen LogP contribution in [-0.2, 0) is 4.74 Å². The fourth-order valence-corrected chi connectivity index (χ4v) is 3.85. The number of nitrogens with one attached hydrogen (secondary N) is 1. The molecule has 6 nitrogen and oxygen atoms in total. The maximum Gasteiger partial charge on any atom is 0.337 e. The van der Waals surface area contributed by atoms with Gasteiger partial charge in [-0.05, 0) is 41.1 Å². The van der Waals surface area contributed by atoms with Gasteiger partial charge in [-0.25, -0.2) is 9.78 Å². The highest BCUT2D eigenvalue weighted by Crippen LogP contribution is 2.30. The van der Waals surface area contributed by atoms with E-state index < -0.39 is 5.97 Å². The summed E-state index contributed by atoms with van der Waals surface area (Å²) in [6, 6.07) is 16.5. The van der Waals surface area contributed by atoms with Crippen molar-refractivity contribution in [1.82, 2.24) is 4.98 Å². The molecule has 1 amide bonds. The summed E-state index contributed by atoms with van der Waals surface area (Å²) >= 11 is 1.29. The fraction of sp³-hybridized carbons (Fsp3) is 0.0952. The quantitative estimate of drug-likeness (QED) is 0.518. The number of esters is 1. The summed E-state index contributed by atoms with van der Waals surface area (Å²) in [5.41, 5.74) is 1.56. The van der Waals surface area contributed by atoms with Crippen LogP contribution in [0.2, 0.25) is 0 Å². The normalized spacial score (nSPS) is 10.8. The first kappa shape index (κ1) is 17.9. The molecule has 0 spiro atoms. The van der Waals surface area contributed by atoms with Gasteiger partial charge in [-0.2, -0.15) is 0 Å². The lowest BCUT2D eigenvalue weighted by Gasteiger charge is -2.09. The fourth-order valence-electron chi connectivity index (χ4n) is 2.95. The van der Waals surface area contributed by atoms with E-state index in [1.807, 2.05) is 30.3 Å². The van der Waals surface area contributed by atoms with Crippen LogP contribution in [0.3, 0.4) is 0 Å². The van der Waals surface area contributed by atoms with E-state index in [-0.39, 0.29) is 5.91 Å². The lowest BCUT2D eigenvalue weighted by atomic mass is 10.1. The Balaban J connectivity index is 1.66. The smallest absolute Gasteiger partial charge is 0.337 e. The Morgan fingerprint density at radius 2 is 1.75 bits per heavy atom. The van der Waals surface area contributed by atoms with Crippen LogP contribution in [-0.4, -0.2) is 31.1 Å². The van der Waals surface area contributed by atoms with Crippen molar-refractivity contribution in [2.75, 3.05) is 19.5 Å². The molecule has 0 saturated carbocycles. The van der Waals surface area contributed by atoms with Gasteiger partial charge >= 0.3 is 5.97 Å². The number of hydrogen-bond acceptors (Lipinski definition) is 6. The van der Waals surface area contributed by atoms with Gasteiger partial charge in [0.15, 0.2) is 5.13 Å². The minimum atomic E-state index is -0.415. The summed E-state index contributed by atoms with van der Waals surface area (Å²) in [5.74, 6) is -0.234. The van der Waals surface area contributed by atoms with Gasteiger partial charge in [0.05, 0.1) is 35.6 Å². The SMILES string of the molecule is COC(=O)c1ccc2nc(NC(=O)c3cc4ccccc4cc3OC)sc2c1. The number of amides is 1. The molecule has 0 fully saturated rings. The average Bonchev–Trinajstić information content (AvgIpc) is 3.13. The van der Waals surface area contributed by atoms with E-state index in [0.717, 1.165) is 15.5 Å². The van der Waals surface area contributed by atoms with E-state index in [4.69, 9.17) is 9.47 Å². The van der Waals surface area contributed by atoms with Crippen LogP contribution in [0.4, 0.5) is 5.13 Å². The predicted octanol–water partition coefficient (Wildman–Crippen LogP) is 4.50. The molecule has 3 aromatic carbocycles. The predicted molar refractivity (Wildman–Crippen MR) is 109 cm³/mol. The Morgan fingerprint density at radius 1 is 1.00 bits per heavy atom. The number of ether oxygens (including phenoxy) is 2. The van der Waals surface area contributed by atoms with E-state index in [9.17, 15) is 9.59 Å². The Morgan fingerprint density at radius 3 is 2.46 bits per heavy atom. The van der Waals surface area contributed by atoms with E-state index in [1.54, 1.807) is 24.3 Å². The molecular weight excluding hydrogens is 376 g/mol. The van der Waals surface area contributed by atoms with E-state index in [0.29, 0.717) is 27.5 Å². The highest BCUT2D eigenvalue weighted by atomic mass is 32.1. The van der Waals surface area contributed by atoms with Gasteiger partial charge in [-0.3, -0.25) is 10.1 Å². The van der Waals surface area contributed by atoms with Gasteiger partial charge in [-0.15, -0.1) is 0 Å². The molecule has 0 aliphatic heterocycles. The number of thiazole rings is 1. The molecule has 1 N–H and O–H groups in total. The summed E-state index contributed by atoms with van der Waals surface area (Å²) in [4.78, 5) is 28.9. The number of hydrogen-bond donors (Lipinski definition) is 1. The van der Waals surface area contributed by atoms with Crippen molar-refractivity contribution in [3.05, 3.63) is 65.7 Å². The first-order valence-corrected chi connectivity index (χ1v) is 9.28. The third-order valence-electron chi connectivity index (χ3n) is 4.34. The minimum absolute atomic E-state index is 0.310. The topological polar surface area (TPSA) is 77.5 Å². The van der Waals surface area contributed by atoms with Gasteiger partial charge in [0.25, 0.3) is 5.91 Å². The number of methoxy groups -OCH3 is 2. The monoisotopic (exact) mass is 392 g/mol. The maximum atomic E-state index is 12.8. The standard InChI is InChI=1S/C21H16N2O4S/c1-26-17-10-13-6-4-3-5-12(13)9-15(17)19(24)23-21-22-16-8-7-14(20(25)27-2)11-18(16)28-21/h3-11H,1-2H3,(H,22,23,24). The molecule has 1 heterocycles. The first-order chi connectivity index (χ1) is 13.6. The van der Waals surface area contributed by atoms with Gasteiger partial charge in [0, 0.05) is 0 Å². The van der Waals surface area contributed by atoms with Crippen molar-refractivity contribution in [2.45, 2.75) is 0 Å². The Bertz CT molecular complexity index is 1220. The third-order valence-corrected chi connectivity index (χ3v) is 5.28. The zero-order chi connectivity index (χ0) is 19.7. The van der Waals surface area contributed by atoms with Gasteiger partial charge in [0.1, 0.15) is 5.75 Å². The number of aromatic nitrogens is 1. The van der Waals surface area contributed by atoms with E-state index in [1.165, 1.54) is 25.6 Å². The molecule has 0 radical (unpaired) electrons. The molecular formula is C21H16N2O4S. The molecule has 0 saturated heterocycles. The molecule has 4 aromatic rings. The lowest BCUT2D eigenvalue weighted by molar-refractivity contribution is 0.0601. The number of rotatable bonds is 4. The highest BCUT2D eigenvalue weighted by Gasteiger charge is 2.16. The van der Waals surface area contributed by atoms with Crippen molar-refractivity contribution >= 4 is 49.3 Å². The van der Waals surface area contributed by atoms with Crippen molar-refractivity contribution in [3.63, 3.8) is 0 Å². The van der Waals surface area contributed by atoms with Gasteiger partial charge < -0.3 is 9.47 Å². The number of carbonyl (C=O) groups is 2. The first-order valence-electron chi connectivity index (χ1n) is 8.46. The maximum absolute atomic E-state index is 12.8. The molecule has 0 aliphatic carbocycles. The Hall–Kier alpha value is -3.45.